The summed E-state index contributed by atoms with van der Waals surface area (Å²) >= 11 is 0. The fourth-order valence-corrected chi connectivity index (χ4v) is 2.45. The summed E-state index contributed by atoms with van der Waals surface area (Å²) in [6.45, 7) is 3.00. The number of carbonyl (C=O) groups excluding carboxylic acids is 3. The highest BCUT2D eigenvalue weighted by atomic mass is 16.5. The number of Topliss-reactive ketones (excluding diaryl/α,β-unsaturated/α-hetero) is 1. The number of carbonyl (C=O) groups is 3. The molecule has 8 heteroatoms. The quantitative estimate of drug-likeness (QED) is 0.519. The summed E-state index contributed by atoms with van der Waals surface area (Å²) in [5.41, 5.74) is 0.232. The van der Waals surface area contributed by atoms with Crippen molar-refractivity contribution in [1.29, 1.82) is 0 Å². The fraction of sp³-hybridized carbons (Fsp3) is 0.350. The standard InChI is InChI=1S/C20H23NO7/c1-12(2)18(21-19(23)17-6-5-9-27-17)20(24)28-11-15(22)14-10-13(25-3)7-8-16(14)26-4/h5-10,12,18H,11H2,1-4H3,(H,21,23)/t18-/m0/s1. The molecule has 2 aromatic rings. The monoisotopic (exact) mass is 389 g/mol. The summed E-state index contributed by atoms with van der Waals surface area (Å²) < 4.78 is 20.4. The number of benzene rings is 1. The van der Waals surface area contributed by atoms with Crippen LogP contribution in [0.3, 0.4) is 0 Å². The van der Waals surface area contributed by atoms with E-state index in [2.05, 4.69) is 5.32 Å². The first kappa shape index (κ1) is 21.0. The lowest BCUT2D eigenvalue weighted by Crippen LogP contribution is -2.45. The molecule has 0 saturated heterocycles. The van der Waals surface area contributed by atoms with E-state index in [-0.39, 0.29) is 17.2 Å². The van der Waals surface area contributed by atoms with Gasteiger partial charge in [-0.1, -0.05) is 13.8 Å². The number of hydrogen-bond donors (Lipinski definition) is 1. The van der Waals surface area contributed by atoms with E-state index in [0.717, 1.165) is 0 Å². The molecule has 28 heavy (non-hydrogen) atoms. The molecule has 0 radical (unpaired) electrons. The van der Waals surface area contributed by atoms with Crippen LogP contribution >= 0.6 is 0 Å². The SMILES string of the molecule is COc1ccc(OC)c(C(=O)COC(=O)[C@@H](NC(=O)c2ccco2)C(C)C)c1. The van der Waals surface area contributed by atoms with Gasteiger partial charge in [0, 0.05) is 0 Å². The maximum Gasteiger partial charge on any atom is 0.329 e. The Hall–Kier alpha value is -3.29. The smallest absolute Gasteiger partial charge is 0.329 e. The third-order valence-electron chi connectivity index (χ3n) is 4.00. The zero-order chi connectivity index (χ0) is 20.7. The van der Waals surface area contributed by atoms with Gasteiger partial charge in [0.2, 0.25) is 5.78 Å². The average molecular weight is 389 g/mol. The second kappa shape index (κ2) is 9.59. The van der Waals surface area contributed by atoms with E-state index in [1.807, 2.05) is 0 Å². The number of methoxy groups -OCH3 is 2. The first-order valence-electron chi connectivity index (χ1n) is 8.63. The van der Waals surface area contributed by atoms with Crippen molar-refractivity contribution in [2.24, 2.45) is 5.92 Å². The highest BCUT2D eigenvalue weighted by Crippen LogP contribution is 2.24. The second-order valence-electron chi connectivity index (χ2n) is 6.27. The summed E-state index contributed by atoms with van der Waals surface area (Å²) in [6.07, 6.45) is 1.36. The van der Waals surface area contributed by atoms with Gasteiger partial charge in [-0.2, -0.15) is 0 Å². The third-order valence-corrected chi connectivity index (χ3v) is 4.00. The number of rotatable bonds is 9. The molecule has 0 aliphatic rings. The van der Waals surface area contributed by atoms with Crippen molar-refractivity contribution >= 4 is 17.7 Å². The maximum atomic E-state index is 12.5. The van der Waals surface area contributed by atoms with E-state index in [1.165, 1.54) is 32.6 Å². The van der Waals surface area contributed by atoms with Crippen molar-refractivity contribution < 1.29 is 33.0 Å². The predicted octanol–water partition coefficient (Wildman–Crippen LogP) is 2.48. The molecule has 1 heterocycles. The zero-order valence-electron chi connectivity index (χ0n) is 16.2. The van der Waals surface area contributed by atoms with Gasteiger partial charge in [0.1, 0.15) is 17.5 Å². The molecular formula is C20H23NO7. The summed E-state index contributed by atoms with van der Waals surface area (Å²) in [6, 6.07) is 6.87. The largest absolute Gasteiger partial charge is 0.497 e. The number of esters is 1. The minimum atomic E-state index is -0.933. The van der Waals surface area contributed by atoms with Gasteiger partial charge in [0.25, 0.3) is 5.91 Å². The van der Waals surface area contributed by atoms with Crippen LogP contribution in [0, 0.1) is 5.92 Å². The Labute approximate surface area is 162 Å². The Bertz CT molecular complexity index is 827. The lowest BCUT2D eigenvalue weighted by molar-refractivity contribution is -0.145. The summed E-state index contributed by atoms with van der Waals surface area (Å²) in [7, 11) is 2.91. The minimum absolute atomic E-state index is 0.0793. The van der Waals surface area contributed by atoms with Crippen LogP contribution < -0.4 is 14.8 Å². The van der Waals surface area contributed by atoms with E-state index >= 15 is 0 Å². The lowest BCUT2D eigenvalue weighted by atomic mass is 10.0. The normalized spacial score (nSPS) is 11.6. The summed E-state index contributed by atoms with van der Waals surface area (Å²) in [5, 5.41) is 2.56. The molecule has 150 valence electrons. The van der Waals surface area contributed by atoms with Crippen molar-refractivity contribution in [2.45, 2.75) is 19.9 Å². The molecule has 2 rings (SSSR count). The highest BCUT2D eigenvalue weighted by molar-refractivity contribution is 6.01. The first-order chi connectivity index (χ1) is 13.4. The van der Waals surface area contributed by atoms with E-state index in [4.69, 9.17) is 18.6 Å². The molecule has 0 aliphatic carbocycles. The first-order valence-corrected chi connectivity index (χ1v) is 8.63. The molecule has 1 aromatic heterocycles. The summed E-state index contributed by atoms with van der Waals surface area (Å²) in [5.74, 6) is -1.08. The van der Waals surface area contributed by atoms with Gasteiger partial charge in [-0.3, -0.25) is 9.59 Å². The van der Waals surface area contributed by atoms with Crippen LogP contribution in [0.1, 0.15) is 34.8 Å². The van der Waals surface area contributed by atoms with Crippen molar-refractivity contribution in [3.8, 4) is 11.5 Å². The van der Waals surface area contributed by atoms with E-state index in [0.29, 0.717) is 11.5 Å². The van der Waals surface area contributed by atoms with Gasteiger partial charge in [-0.05, 0) is 36.2 Å². The molecule has 0 saturated carbocycles. The number of hydrogen-bond acceptors (Lipinski definition) is 7. The number of amides is 1. The van der Waals surface area contributed by atoms with Gasteiger partial charge in [-0.25, -0.2) is 4.79 Å². The second-order valence-corrected chi connectivity index (χ2v) is 6.27. The maximum absolute atomic E-state index is 12.5. The van der Waals surface area contributed by atoms with E-state index < -0.39 is 30.3 Å². The van der Waals surface area contributed by atoms with Crippen molar-refractivity contribution in [3.63, 3.8) is 0 Å². The van der Waals surface area contributed by atoms with Crippen LogP contribution in [0.5, 0.6) is 11.5 Å². The lowest BCUT2D eigenvalue weighted by Gasteiger charge is -2.20. The zero-order valence-corrected chi connectivity index (χ0v) is 16.2. The van der Waals surface area contributed by atoms with E-state index in [9.17, 15) is 14.4 Å². The molecule has 1 N–H and O–H groups in total. The number of nitrogens with one attached hydrogen (secondary N) is 1. The molecule has 1 atom stereocenters. The molecular weight excluding hydrogens is 366 g/mol. The summed E-state index contributed by atoms with van der Waals surface area (Å²) in [4.78, 5) is 37.0. The van der Waals surface area contributed by atoms with Gasteiger partial charge < -0.3 is 23.9 Å². The van der Waals surface area contributed by atoms with Gasteiger partial charge in [0.05, 0.1) is 26.0 Å². The van der Waals surface area contributed by atoms with Gasteiger partial charge >= 0.3 is 5.97 Å². The Morgan fingerprint density at radius 3 is 2.43 bits per heavy atom. The molecule has 1 amide bonds. The number of furan rings is 1. The van der Waals surface area contributed by atoms with Crippen LogP contribution in [0.4, 0.5) is 0 Å². The molecule has 0 aliphatic heterocycles. The number of ether oxygens (including phenoxy) is 3. The highest BCUT2D eigenvalue weighted by Gasteiger charge is 2.28. The third kappa shape index (κ3) is 5.12. The molecule has 0 fully saturated rings. The van der Waals surface area contributed by atoms with Crippen LogP contribution in [0.15, 0.2) is 41.0 Å². The fourth-order valence-electron chi connectivity index (χ4n) is 2.45. The Morgan fingerprint density at radius 1 is 1.11 bits per heavy atom. The Balaban J connectivity index is 2.04. The Morgan fingerprint density at radius 2 is 1.86 bits per heavy atom. The van der Waals surface area contributed by atoms with Crippen molar-refractivity contribution in [2.75, 3.05) is 20.8 Å². The molecule has 8 nitrogen and oxygen atoms in total. The average Bonchev–Trinajstić information content (AvgIpc) is 3.23. The van der Waals surface area contributed by atoms with Gasteiger partial charge in [0.15, 0.2) is 12.4 Å². The molecule has 0 spiro atoms. The van der Waals surface area contributed by atoms with E-state index in [1.54, 1.807) is 32.0 Å². The van der Waals surface area contributed by atoms with Gasteiger partial charge in [-0.15, -0.1) is 0 Å². The van der Waals surface area contributed by atoms with Crippen molar-refractivity contribution in [1.82, 2.24) is 5.32 Å². The molecule has 0 unspecified atom stereocenters. The number of ketones is 1. The molecule has 0 bridgehead atoms. The van der Waals surface area contributed by atoms with Crippen LogP contribution in [0.25, 0.3) is 0 Å². The van der Waals surface area contributed by atoms with Crippen molar-refractivity contribution in [3.05, 3.63) is 47.9 Å². The predicted molar refractivity (Wildman–Crippen MR) is 99.6 cm³/mol. The Kier molecular flexibility index (Phi) is 7.20. The minimum Gasteiger partial charge on any atom is -0.497 e. The van der Waals surface area contributed by atoms with Crippen LogP contribution in [-0.2, 0) is 9.53 Å². The van der Waals surface area contributed by atoms with Crippen LogP contribution in [-0.4, -0.2) is 44.5 Å². The van der Waals surface area contributed by atoms with Crippen LogP contribution in [0.2, 0.25) is 0 Å². The molecule has 1 aromatic carbocycles. The topological polar surface area (TPSA) is 104 Å².